The van der Waals surface area contributed by atoms with Gasteiger partial charge in [0.15, 0.2) is 11.2 Å². The highest BCUT2D eigenvalue weighted by molar-refractivity contribution is 7.81. The van der Waals surface area contributed by atoms with E-state index in [4.69, 9.17) is 4.74 Å². The molecule has 3 fully saturated rings. The minimum absolute atomic E-state index is 0.00404. The van der Waals surface area contributed by atoms with Crippen LogP contribution in [0.4, 0.5) is 17.6 Å². The maximum absolute atomic E-state index is 14.7. The van der Waals surface area contributed by atoms with E-state index in [9.17, 15) is 26.6 Å². The number of benzene rings is 1. The lowest BCUT2D eigenvalue weighted by atomic mass is 9.82. The van der Waals surface area contributed by atoms with Crippen molar-refractivity contribution in [3.63, 3.8) is 0 Å². The molecule has 1 aliphatic heterocycles. The molecule has 31 heavy (non-hydrogen) atoms. The molecule has 0 bridgehead atoms. The van der Waals surface area contributed by atoms with Crippen molar-refractivity contribution >= 4 is 17.1 Å². The fourth-order valence-electron chi connectivity index (χ4n) is 4.10. The summed E-state index contributed by atoms with van der Waals surface area (Å²) < 4.78 is 75.0. The van der Waals surface area contributed by atoms with E-state index in [0.717, 1.165) is 24.8 Å². The molecule has 4 rings (SSSR count). The number of hydrogen-bond donors (Lipinski definition) is 1. The molecule has 2 saturated carbocycles. The topological polar surface area (TPSA) is 58.6 Å². The second-order valence-electron chi connectivity index (χ2n) is 8.68. The molecule has 1 amide bonds. The average Bonchev–Trinajstić information content (AvgIpc) is 3.49. The quantitative estimate of drug-likeness (QED) is 0.609. The van der Waals surface area contributed by atoms with Crippen LogP contribution in [0, 0.1) is 17.7 Å². The zero-order chi connectivity index (χ0) is 22.2. The predicted octanol–water partition coefficient (Wildman–Crippen LogP) is 4.46. The highest BCUT2D eigenvalue weighted by atomic mass is 32.2. The van der Waals surface area contributed by atoms with E-state index >= 15 is 0 Å². The van der Waals surface area contributed by atoms with Crippen molar-refractivity contribution in [1.82, 2.24) is 9.03 Å². The Morgan fingerprint density at radius 1 is 1.13 bits per heavy atom. The first kappa shape index (κ1) is 22.5. The van der Waals surface area contributed by atoms with Gasteiger partial charge in [0, 0.05) is 19.2 Å². The molecule has 0 radical (unpaired) electrons. The molecule has 0 spiro atoms. The van der Waals surface area contributed by atoms with Crippen LogP contribution in [0.3, 0.4) is 0 Å². The Morgan fingerprint density at radius 3 is 2.35 bits per heavy atom. The third-order valence-electron chi connectivity index (χ3n) is 6.38. The number of carbonyl (C=O) groups excluding carboxylic acids is 1. The van der Waals surface area contributed by atoms with Gasteiger partial charge in [-0.1, -0.05) is 0 Å². The second-order valence-corrected chi connectivity index (χ2v) is 9.90. The van der Waals surface area contributed by atoms with E-state index in [2.05, 4.69) is 4.72 Å². The number of nitrogens with zero attached hydrogens (tertiary/aromatic N) is 1. The van der Waals surface area contributed by atoms with Crippen molar-refractivity contribution in [2.75, 3.05) is 19.7 Å². The molecular formula is C21H26F4N2O3S. The summed E-state index contributed by atoms with van der Waals surface area (Å²) in [7, 11) is 0. The molecule has 1 unspecified atom stereocenters. The highest BCUT2D eigenvalue weighted by Crippen LogP contribution is 2.46. The van der Waals surface area contributed by atoms with E-state index in [-0.39, 0.29) is 36.8 Å². The van der Waals surface area contributed by atoms with Crippen LogP contribution in [0.25, 0.3) is 0 Å². The van der Waals surface area contributed by atoms with Crippen LogP contribution in [-0.2, 0) is 11.2 Å². The first-order chi connectivity index (χ1) is 14.7. The van der Waals surface area contributed by atoms with Crippen LogP contribution < -0.4 is 9.46 Å². The van der Waals surface area contributed by atoms with Crippen molar-refractivity contribution in [3.05, 3.63) is 29.1 Å². The Hall–Kier alpha value is -1.68. The summed E-state index contributed by atoms with van der Waals surface area (Å²) in [5, 5.41) is 0. The molecule has 1 atom stereocenters. The Bertz CT molecular complexity index is 848. The molecule has 172 valence electrons. The lowest BCUT2D eigenvalue weighted by molar-refractivity contribution is -0.184. The summed E-state index contributed by atoms with van der Waals surface area (Å²) >= 11 is -1.68. The van der Waals surface area contributed by atoms with E-state index in [1.54, 1.807) is 4.31 Å². The Labute approximate surface area is 181 Å². The van der Waals surface area contributed by atoms with Gasteiger partial charge < -0.3 is 4.74 Å². The monoisotopic (exact) mass is 462 g/mol. The molecule has 10 heteroatoms. The number of nitrogens with one attached hydrogen (secondary N) is 1. The molecule has 2 aliphatic carbocycles. The van der Waals surface area contributed by atoms with E-state index in [1.165, 1.54) is 12.1 Å². The average molecular weight is 463 g/mol. The maximum Gasteiger partial charge on any atom is 0.391 e. The van der Waals surface area contributed by atoms with Crippen LogP contribution in [0.5, 0.6) is 5.75 Å². The number of ether oxygens (including phenoxy) is 1. The van der Waals surface area contributed by atoms with E-state index in [1.807, 2.05) is 0 Å². The highest BCUT2D eigenvalue weighted by Gasteiger charge is 2.41. The van der Waals surface area contributed by atoms with Gasteiger partial charge in [-0.05, 0) is 68.4 Å². The van der Waals surface area contributed by atoms with Crippen molar-refractivity contribution in [1.29, 1.82) is 0 Å². The maximum atomic E-state index is 14.7. The lowest BCUT2D eigenvalue weighted by Crippen LogP contribution is -2.45. The molecule has 1 aromatic carbocycles. The summed E-state index contributed by atoms with van der Waals surface area (Å²) in [6.45, 7) is 1.48. The third-order valence-corrected chi connectivity index (χ3v) is 7.57. The van der Waals surface area contributed by atoms with Crippen LogP contribution in [0.2, 0.25) is 0 Å². The fourth-order valence-corrected chi connectivity index (χ4v) is 5.09. The number of hydrogen-bond acceptors (Lipinski definition) is 3. The van der Waals surface area contributed by atoms with Gasteiger partial charge in [-0.15, -0.1) is 0 Å². The van der Waals surface area contributed by atoms with Gasteiger partial charge in [0.1, 0.15) is 11.6 Å². The largest absolute Gasteiger partial charge is 0.493 e. The number of carbonyl (C=O) groups is 1. The summed E-state index contributed by atoms with van der Waals surface area (Å²) in [5.74, 6) is -2.24. The van der Waals surface area contributed by atoms with Gasteiger partial charge in [0.2, 0.25) is 0 Å². The molecule has 5 nitrogen and oxygen atoms in total. The van der Waals surface area contributed by atoms with Gasteiger partial charge in [0.05, 0.1) is 18.1 Å². The van der Waals surface area contributed by atoms with E-state index < -0.39 is 35.0 Å². The molecular weight excluding hydrogens is 436 g/mol. The van der Waals surface area contributed by atoms with Crippen LogP contribution >= 0.6 is 0 Å². The molecule has 1 aromatic rings. The summed E-state index contributed by atoms with van der Waals surface area (Å²) in [4.78, 5) is 12.4. The first-order valence-corrected chi connectivity index (χ1v) is 11.8. The minimum atomic E-state index is -4.15. The van der Waals surface area contributed by atoms with Gasteiger partial charge in [-0.3, -0.25) is 9.52 Å². The first-order valence-electron chi connectivity index (χ1n) is 10.7. The smallest absolute Gasteiger partial charge is 0.391 e. The Balaban J connectivity index is 1.40. The number of amides is 1. The molecule has 1 heterocycles. The molecule has 1 N–H and O–H groups in total. The number of alkyl halides is 3. The van der Waals surface area contributed by atoms with Crippen molar-refractivity contribution in [3.8, 4) is 5.75 Å². The number of halogens is 4. The number of rotatable bonds is 7. The minimum Gasteiger partial charge on any atom is -0.493 e. The summed E-state index contributed by atoms with van der Waals surface area (Å²) in [6, 6.07) is 2.64. The lowest BCUT2D eigenvalue weighted by Gasteiger charge is -2.30. The van der Waals surface area contributed by atoms with E-state index in [0.29, 0.717) is 31.7 Å². The summed E-state index contributed by atoms with van der Waals surface area (Å²) in [6.07, 6.45) is -0.403. The van der Waals surface area contributed by atoms with Gasteiger partial charge in [0.25, 0.3) is 5.91 Å². The van der Waals surface area contributed by atoms with Gasteiger partial charge in [-0.2, -0.15) is 13.2 Å². The normalized spacial score (nSPS) is 25.5. The van der Waals surface area contributed by atoms with Crippen molar-refractivity contribution in [2.45, 2.75) is 57.0 Å². The molecule has 3 aliphatic rings. The Morgan fingerprint density at radius 2 is 1.81 bits per heavy atom. The summed E-state index contributed by atoms with van der Waals surface area (Å²) in [5.41, 5.74) is 0.555. The fraction of sp³-hybridized carbons (Fsp3) is 0.667. The second kappa shape index (κ2) is 9.05. The van der Waals surface area contributed by atoms with Gasteiger partial charge >= 0.3 is 6.18 Å². The van der Waals surface area contributed by atoms with Crippen LogP contribution in [-0.4, -0.2) is 40.3 Å². The van der Waals surface area contributed by atoms with Crippen molar-refractivity contribution < 1.29 is 31.3 Å². The van der Waals surface area contributed by atoms with Gasteiger partial charge in [-0.25, -0.2) is 12.9 Å². The molecule has 0 aromatic heterocycles. The molecule has 1 saturated heterocycles. The van der Waals surface area contributed by atoms with Crippen LogP contribution in [0.15, 0.2) is 12.1 Å². The third kappa shape index (κ3) is 5.39. The predicted molar refractivity (Wildman–Crippen MR) is 107 cm³/mol. The zero-order valence-corrected chi connectivity index (χ0v) is 17.9. The van der Waals surface area contributed by atoms with Crippen LogP contribution in [0.1, 0.15) is 66.8 Å². The standard InChI is InChI=1S/C21H26F4N2O3S/c22-18-11-19(30-12-13-2-6-15(7-3-13)21(23,24)25)16(14-4-5-14)10-17(18)20(28)26-31(29)27-8-1-9-27/h10-11,13-15H,1-9,12H2,(H,26,28). The zero-order valence-electron chi connectivity index (χ0n) is 17.0. The van der Waals surface area contributed by atoms with Crippen molar-refractivity contribution in [2.24, 2.45) is 11.8 Å². The Kier molecular flexibility index (Phi) is 6.57. The SMILES string of the molecule is O=C(NS(=O)N1CCC1)c1cc(C2CC2)c(OCC2CCC(C(F)(F)F)CC2)cc1F.